The van der Waals surface area contributed by atoms with Crippen molar-refractivity contribution in [2.45, 2.75) is 53.5 Å². The lowest BCUT2D eigenvalue weighted by atomic mass is 9.84. The van der Waals surface area contributed by atoms with E-state index < -0.39 is 5.54 Å². The van der Waals surface area contributed by atoms with Gasteiger partial charge in [-0.1, -0.05) is 86.8 Å². The molecule has 0 radical (unpaired) electrons. The number of amidine groups is 1. The van der Waals surface area contributed by atoms with Crippen molar-refractivity contribution < 1.29 is 9.05 Å². The predicted octanol–water partition coefficient (Wildman–Crippen LogP) is 6.38. The molecule has 0 fully saturated rings. The van der Waals surface area contributed by atoms with Crippen molar-refractivity contribution in [3.05, 3.63) is 78.1 Å². The number of hydrogen-bond donors (Lipinski definition) is 1. The van der Waals surface area contributed by atoms with Crippen LogP contribution in [0, 0.1) is 5.41 Å². The van der Waals surface area contributed by atoms with Crippen molar-refractivity contribution in [1.82, 2.24) is 9.47 Å². The van der Waals surface area contributed by atoms with Crippen LogP contribution in [0.4, 0.5) is 4.48 Å². The van der Waals surface area contributed by atoms with Crippen molar-refractivity contribution in [2.24, 2.45) is 12.3 Å². The molecule has 1 heterocycles. The number of aryl methyl sites for hydroxylation is 1. The Labute approximate surface area is 198 Å². The van der Waals surface area contributed by atoms with Gasteiger partial charge in [-0.2, -0.15) is 0 Å². The highest BCUT2D eigenvalue weighted by atomic mass is 19.2. The smallest absolute Gasteiger partial charge is 0.289 e. The third-order valence-corrected chi connectivity index (χ3v) is 5.61. The summed E-state index contributed by atoms with van der Waals surface area (Å²) in [5.41, 5.74) is 2.26. The lowest BCUT2D eigenvalue weighted by Gasteiger charge is -2.30. The van der Waals surface area contributed by atoms with Crippen LogP contribution in [0.2, 0.25) is 0 Å². The summed E-state index contributed by atoms with van der Waals surface area (Å²) < 4.78 is 18.0. The Kier molecular flexibility index (Phi) is 11.2. The van der Waals surface area contributed by atoms with Crippen LogP contribution in [0.1, 0.15) is 59.1 Å². The van der Waals surface area contributed by atoms with Gasteiger partial charge in [0.15, 0.2) is 5.84 Å². The number of nitrogens with zero attached hydrogens (tertiary/aromatic N) is 4. The van der Waals surface area contributed by atoms with E-state index in [9.17, 15) is 4.48 Å². The fourth-order valence-electron chi connectivity index (χ4n) is 3.80. The molecule has 0 bridgehead atoms. The minimum atomic E-state index is -0.457. The van der Waals surface area contributed by atoms with E-state index in [4.69, 9.17) is 5.41 Å². The molecule has 1 atom stereocenters. The number of halogens is 1. The predicted molar refractivity (Wildman–Crippen MR) is 137 cm³/mol. The zero-order valence-corrected chi connectivity index (χ0v) is 21.3. The topological polar surface area (TPSA) is 48.3 Å². The zero-order chi connectivity index (χ0) is 25.0. The molecule has 33 heavy (non-hydrogen) atoms. The molecule has 3 rings (SSSR count). The molecule has 0 unspecified atom stereocenters. The van der Waals surface area contributed by atoms with Crippen LogP contribution >= 0.6 is 0 Å². The van der Waals surface area contributed by atoms with Crippen molar-refractivity contribution >= 4 is 12.2 Å². The van der Waals surface area contributed by atoms with Gasteiger partial charge in [0, 0.05) is 18.2 Å². The molecule has 1 N–H and O–H groups in total. The number of nitrogens with one attached hydrogen (secondary N) is 1. The van der Waals surface area contributed by atoms with Crippen molar-refractivity contribution in [2.75, 3.05) is 7.05 Å². The van der Waals surface area contributed by atoms with Gasteiger partial charge < -0.3 is 4.90 Å². The van der Waals surface area contributed by atoms with Crippen LogP contribution < -0.4 is 4.57 Å². The maximum Gasteiger partial charge on any atom is 0.289 e. The molecule has 0 amide bonds. The van der Waals surface area contributed by atoms with E-state index in [-0.39, 0.29) is 5.84 Å². The Morgan fingerprint density at radius 2 is 1.67 bits per heavy atom. The first-order chi connectivity index (χ1) is 16.0. The van der Waals surface area contributed by atoms with Crippen LogP contribution in [-0.4, -0.2) is 28.7 Å². The maximum atomic E-state index is 13.6. The molecule has 0 saturated heterocycles. The van der Waals surface area contributed by atoms with Crippen LogP contribution in [0.5, 0.6) is 0 Å². The highest BCUT2D eigenvalue weighted by Gasteiger charge is 2.38. The summed E-state index contributed by atoms with van der Waals surface area (Å²) in [7, 11) is 3.65. The van der Waals surface area contributed by atoms with Gasteiger partial charge in [0.2, 0.25) is 0 Å². The zero-order valence-electron chi connectivity index (χ0n) is 21.3. The second-order valence-corrected chi connectivity index (χ2v) is 7.29. The normalized spacial score (nSPS) is 12.5. The second kappa shape index (κ2) is 13.3. The first-order valence-corrected chi connectivity index (χ1v) is 11.6. The Morgan fingerprint density at radius 1 is 1.09 bits per heavy atom. The molecule has 0 aliphatic carbocycles. The lowest BCUT2D eigenvalue weighted by Crippen LogP contribution is -2.38. The minimum Gasteiger partial charge on any atom is -0.318 e. The van der Waals surface area contributed by atoms with Gasteiger partial charge in [0.25, 0.3) is 5.82 Å². The van der Waals surface area contributed by atoms with Gasteiger partial charge in [-0.15, -0.1) is 0 Å². The van der Waals surface area contributed by atoms with Crippen molar-refractivity contribution in [3.8, 4) is 11.4 Å². The number of imidazole rings is 1. The fourth-order valence-corrected chi connectivity index (χ4v) is 3.80. The first kappa shape index (κ1) is 27.8. The second-order valence-electron chi connectivity index (χ2n) is 7.29. The van der Waals surface area contributed by atoms with Crippen molar-refractivity contribution in [1.29, 1.82) is 5.41 Å². The molecule has 0 spiro atoms. The van der Waals surface area contributed by atoms with Gasteiger partial charge in [-0.3, -0.25) is 5.41 Å². The van der Waals surface area contributed by atoms with E-state index >= 15 is 0 Å². The van der Waals surface area contributed by atoms with E-state index in [1.54, 1.807) is 7.05 Å². The molecular formula is C27H39FN5+. The Hall–Kier alpha value is -3.28. The summed E-state index contributed by atoms with van der Waals surface area (Å²) in [6.45, 7) is 12.3. The summed E-state index contributed by atoms with van der Waals surface area (Å²) in [5.74, 6) is 1.18. The molecule has 1 aromatic heterocycles. The largest absolute Gasteiger partial charge is 0.318 e. The Morgan fingerprint density at radius 3 is 2.21 bits per heavy atom. The number of benzene rings is 2. The van der Waals surface area contributed by atoms with Gasteiger partial charge in [-0.05, 0) is 25.5 Å². The van der Waals surface area contributed by atoms with E-state index in [1.807, 2.05) is 83.4 Å². The average molecular weight is 453 g/mol. The summed E-state index contributed by atoms with van der Waals surface area (Å²) in [4.78, 5) is 1.38. The molecule has 6 heteroatoms. The standard InChI is InChI=1S/C23H27FN5.2C2H6/c1-5-23(2,20-14-10-9-13-19(20)21(26-24)28(4)17-25)29-16-15-27(3)22(29)18-11-7-6-8-12-18;2*1-2/h6-17,25H,5H2,1-4H3;2*1-2H3/q+1;;/b25-17?,26-21+;;/t23-;;/m1../s1. The molecular weight excluding hydrogens is 413 g/mol. The third kappa shape index (κ3) is 5.75. The molecule has 178 valence electrons. The first-order valence-electron chi connectivity index (χ1n) is 11.6. The van der Waals surface area contributed by atoms with E-state index in [0.29, 0.717) is 5.56 Å². The van der Waals surface area contributed by atoms with Gasteiger partial charge in [-0.25, -0.2) is 9.13 Å². The van der Waals surface area contributed by atoms with Crippen LogP contribution in [0.3, 0.4) is 0 Å². The average Bonchev–Trinajstić information content (AvgIpc) is 3.29. The summed E-state index contributed by atoms with van der Waals surface area (Å²) in [6.07, 6.45) is 5.94. The van der Waals surface area contributed by atoms with E-state index in [1.165, 1.54) is 4.90 Å². The quantitative estimate of drug-likeness (QED) is 0.263. The van der Waals surface area contributed by atoms with Crippen LogP contribution in [0.15, 0.2) is 72.2 Å². The van der Waals surface area contributed by atoms with Gasteiger partial charge in [0.05, 0.1) is 18.9 Å². The maximum absolute atomic E-state index is 13.6. The lowest BCUT2D eigenvalue weighted by molar-refractivity contribution is -0.659. The molecule has 0 aliphatic rings. The molecule has 5 nitrogen and oxygen atoms in total. The number of hydrogen-bond acceptors (Lipinski definition) is 2. The van der Waals surface area contributed by atoms with E-state index in [0.717, 1.165) is 29.7 Å². The molecule has 3 aromatic rings. The number of aromatic nitrogens is 2. The monoisotopic (exact) mass is 452 g/mol. The van der Waals surface area contributed by atoms with Gasteiger partial charge in [0.1, 0.15) is 17.9 Å². The highest BCUT2D eigenvalue weighted by molar-refractivity contribution is 6.04. The third-order valence-electron chi connectivity index (χ3n) is 5.61. The molecule has 0 aliphatic heterocycles. The molecule has 0 saturated carbocycles. The fraction of sp³-hybridized carbons (Fsp3) is 0.370. The minimum absolute atomic E-state index is 0.119. The SMILES string of the molecule is CC.CC.CC[C@](C)(c1ccccc1/C(=N\F)N(C)C=N)n1cc[n+](C)c1-c1ccccc1. The van der Waals surface area contributed by atoms with Crippen molar-refractivity contribution in [3.63, 3.8) is 0 Å². The number of rotatable bonds is 6. The summed E-state index contributed by atoms with van der Waals surface area (Å²) >= 11 is 0. The van der Waals surface area contributed by atoms with Crippen LogP contribution in [-0.2, 0) is 12.6 Å². The van der Waals surface area contributed by atoms with Crippen LogP contribution in [0.25, 0.3) is 11.4 Å². The highest BCUT2D eigenvalue weighted by Crippen LogP contribution is 2.35. The summed E-state index contributed by atoms with van der Waals surface area (Å²) in [5, 5.41) is 10.5. The summed E-state index contributed by atoms with van der Waals surface area (Å²) in [6, 6.07) is 17.9. The van der Waals surface area contributed by atoms with Gasteiger partial charge >= 0.3 is 0 Å². The Balaban J connectivity index is 0.00000129. The molecule has 2 aromatic carbocycles. The van der Waals surface area contributed by atoms with E-state index in [2.05, 4.69) is 46.5 Å². The Bertz CT molecular complexity index is 1030.